The largest absolute Gasteiger partial charge is 0.318 e. The van der Waals surface area contributed by atoms with Gasteiger partial charge in [0.2, 0.25) is 0 Å². The maximum absolute atomic E-state index is 5.88. The number of rotatable bonds is 4. The Balaban J connectivity index is 2.71. The van der Waals surface area contributed by atoms with Crippen molar-refractivity contribution in [2.75, 3.05) is 0 Å². The topological polar surface area (TPSA) is 26.0 Å². The molecule has 0 saturated heterocycles. The van der Waals surface area contributed by atoms with Gasteiger partial charge in [-0.15, -0.1) is 0 Å². The molecule has 92 valence electrons. The Kier molecular flexibility index (Phi) is 5.80. The van der Waals surface area contributed by atoms with Gasteiger partial charge in [-0.2, -0.15) is 0 Å². The first-order valence-corrected chi connectivity index (χ1v) is 6.48. The summed E-state index contributed by atoms with van der Waals surface area (Å²) in [7, 11) is 0. The fourth-order valence-electron chi connectivity index (χ4n) is 1.81. The molecule has 1 aromatic rings. The van der Waals surface area contributed by atoms with Crippen molar-refractivity contribution in [2.45, 2.75) is 46.1 Å². The fraction of sp³-hybridized carbons (Fsp3) is 0.500. The van der Waals surface area contributed by atoms with Gasteiger partial charge in [0.1, 0.15) is 0 Å². The van der Waals surface area contributed by atoms with E-state index in [4.69, 9.17) is 5.73 Å². The van der Waals surface area contributed by atoms with Gasteiger partial charge in [-0.05, 0) is 36.5 Å². The second-order valence-corrected chi connectivity index (χ2v) is 4.96. The van der Waals surface area contributed by atoms with Gasteiger partial charge in [-0.3, -0.25) is 0 Å². The van der Waals surface area contributed by atoms with E-state index in [-0.39, 0.29) is 6.04 Å². The molecular weight excluding hydrogens is 206 g/mol. The van der Waals surface area contributed by atoms with E-state index in [1.807, 2.05) is 0 Å². The first-order valence-electron chi connectivity index (χ1n) is 6.48. The Bertz CT molecular complexity index is 395. The minimum atomic E-state index is 0.00811. The molecule has 0 fully saturated rings. The lowest BCUT2D eigenvalue weighted by atomic mass is 10.0. The standard InChI is InChI=1S/C16H23N/c1-4-6-16(17)10-9-14-7-5-8-15(12-14)11-13(2)3/h5,7-8,12-13,16H,4,6,11,17H2,1-3H3. The van der Waals surface area contributed by atoms with E-state index >= 15 is 0 Å². The maximum atomic E-state index is 5.88. The predicted molar refractivity (Wildman–Crippen MR) is 74.7 cm³/mol. The minimum Gasteiger partial charge on any atom is -0.318 e. The molecule has 2 N–H and O–H groups in total. The lowest BCUT2D eigenvalue weighted by molar-refractivity contribution is 0.647. The van der Waals surface area contributed by atoms with Crippen molar-refractivity contribution < 1.29 is 0 Å². The SMILES string of the molecule is CCCC(N)C#Cc1cccc(CC(C)C)c1. The quantitative estimate of drug-likeness (QED) is 0.787. The van der Waals surface area contributed by atoms with Gasteiger partial charge in [0.25, 0.3) is 0 Å². The molecule has 0 saturated carbocycles. The van der Waals surface area contributed by atoms with E-state index < -0.39 is 0 Å². The Morgan fingerprint density at radius 2 is 2.06 bits per heavy atom. The van der Waals surface area contributed by atoms with E-state index in [9.17, 15) is 0 Å². The first kappa shape index (κ1) is 13.8. The zero-order valence-corrected chi connectivity index (χ0v) is 11.2. The molecule has 0 amide bonds. The van der Waals surface area contributed by atoms with Crippen LogP contribution in [0.2, 0.25) is 0 Å². The van der Waals surface area contributed by atoms with E-state index in [2.05, 4.69) is 56.9 Å². The van der Waals surface area contributed by atoms with Crippen LogP contribution >= 0.6 is 0 Å². The molecule has 1 unspecified atom stereocenters. The number of hydrogen-bond donors (Lipinski definition) is 1. The molecule has 1 rings (SSSR count). The molecule has 17 heavy (non-hydrogen) atoms. The van der Waals surface area contributed by atoms with E-state index in [1.165, 1.54) is 5.56 Å². The molecule has 0 aromatic heterocycles. The summed E-state index contributed by atoms with van der Waals surface area (Å²) < 4.78 is 0. The molecule has 0 heterocycles. The van der Waals surface area contributed by atoms with Crippen molar-refractivity contribution in [1.29, 1.82) is 0 Å². The van der Waals surface area contributed by atoms with E-state index in [0.29, 0.717) is 5.92 Å². The summed E-state index contributed by atoms with van der Waals surface area (Å²) in [5.41, 5.74) is 8.31. The van der Waals surface area contributed by atoms with Gasteiger partial charge in [0.05, 0.1) is 6.04 Å². The molecule has 1 heteroatoms. The van der Waals surface area contributed by atoms with Crippen molar-refractivity contribution in [3.05, 3.63) is 35.4 Å². The van der Waals surface area contributed by atoms with Crippen LogP contribution in [0.15, 0.2) is 24.3 Å². The van der Waals surface area contributed by atoms with Crippen LogP contribution in [0.25, 0.3) is 0 Å². The smallest absolute Gasteiger partial charge is 0.0668 e. The molecule has 0 radical (unpaired) electrons. The molecule has 1 atom stereocenters. The Morgan fingerprint density at radius 3 is 2.71 bits per heavy atom. The van der Waals surface area contributed by atoms with Crippen LogP contribution in [-0.4, -0.2) is 6.04 Å². The Morgan fingerprint density at radius 1 is 1.29 bits per heavy atom. The molecule has 0 bridgehead atoms. The average molecular weight is 229 g/mol. The third kappa shape index (κ3) is 5.56. The van der Waals surface area contributed by atoms with E-state index in [1.54, 1.807) is 0 Å². The van der Waals surface area contributed by atoms with Crippen LogP contribution in [0.3, 0.4) is 0 Å². The van der Waals surface area contributed by atoms with Crippen LogP contribution < -0.4 is 5.73 Å². The van der Waals surface area contributed by atoms with Crippen LogP contribution in [-0.2, 0) is 6.42 Å². The normalized spacial score (nSPS) is 12.1. The van der Waals surface area contributed by atoms with Crippen molar-refractivity contribution in [3.63, 3.8) is 0 Å². The molecule has 1 aromatic carbocycles. The molecule has 0 spiro atoms. The summed E-state index contributed by atoms with van der Waals surface area (Å²) >= 11 is 0. The van der Waals surface area contributed by atoms with Crippen LogP contribution in [0.1, 0.15) is 44.7 Å². The monoisotopic (exact) mass is 229 g/mol. The average Bonchev–Trinajstić information content (AvgIpc) is 2.26. The number of nitrogens with two attached hydrogens (primary N) is 1. The van der Waals surface area contributed by atoms with Gasteiger partial charge in [-0.25, -0.2) is 0 Å². The lowest BCUT2D eigenvalue weighted by Gasteiger charge is -2.05. The van der Waals surface area contributed by atoms with Gasteiger partial charge >= 0.3 is 0 Å². The number of hydrogen-bond acceptors (Lipinski definition) is 1. The van der Waals surface area contributed by atoms with Gasteiger partial charge in [0.15, 0.2) is 0 Å². The summed E-state index contributed by atoms with van der Waals surface area (Å²) in [5, 5.41) is 0. The van der Waals surface area contributed by atoms with Crippen molar-refractivity contribution in [3.8, 4) is 11.8 Å². The highest BCUT2D eigenvalue weighted by molar-refractivity contribution is 5.38. The second kappa shape index (κ2) is 7.14. The highest BCUT2D eigenvalue weighted by atomic mass is 14.6. The highest BCUT2D eigenvalue weighted by Gasteiger charge is 1.98. The van der Waals surface area contributed by atoms with Crippen LogP contribution in [0, 0.1) is 17.8 Å². The summed E-state index contributed by atoms with van der Waals surface area (Å²) in [6.45, 7) is 6.59. The maximum Gasteiger partial charge on any atom is 0.0668 e. The van der Waals surface area contributed by atoms with Gasteiger partial charge in [0, 0.05) is 5.56 Å². The molecule has 1 nitrogen and oxygen atoms in total. The fourth-order valence-corrected chi connectivity index (χ4v) is 1.81. The van der Waals surface area contributed by atoms with Gasteiger partial charge in [-0.1, -0.05) is 51.2 Å². The van der Waals surface area contributed by atoms with Gasteiger partial charge < -0.3 is 5.73 Å². The van der Waals surface area contributed by atoms with Crippen LogP contribution in [0.5, 0.6) is 0 Å². The number of benzene rings is 1. The Labute approximate surface area is 105 Å². The lowest BCUT2D eigenvalue weighted by Crippen LogP contribution is -2.16. The zero-order chi connectivity index (χ0) is 12.7. The molecular formula is C16H23N. The molecule has 0 aliphatic carbocycles. The Hall–Kier alpha value is -1.26. The summed E-state index contributed by atoms with van der Waals surface area (Å²) in [4.78, 5) is 0. The minimum absolute atomic E-state index is 0.00811. The first-order chi connectivity index (χ1) is 8.11. The van der Waals surface area contributed by atoms with Crippen LogP contribution in [0.4, 0.5) is 0 Å². The van der Waals surface area contributed by atoms with Crippen molar-refractivity contribution >= 4 is 0 Å². The van der Waals surface area contributed by atoms with Crippen molar-refractivity contribution in [2.24, 2.45) is 11.7 Å². The van der Waals surface area contributed by atoms with E-state index in [0.717, 1.165) is 24.8 Å². The highest BCUT2D eigenvalue weighted by Crippen LogP contribution is 2.09. The second-order valence-electron chi connectivity index (χ2n) is 4.96. The molecule has 0 aliphatic rings. The zero-order valence-electron chi connectivity index (χ0n) is 11.2. The predicted octanol–water partition coefficient (Wildman–Crippen LogP) is 3.36. The summed E-state index contributed by atoms with van der Waals surface area (Å²) in [6.07, 6.45) is 3.17. The summed E-state index contributed by atoms with van der Waals surface area (Å²) in [5.74, 6) is 6.96. The molecule has 0 aliphatic heterocycles. The van der Waals surface area contributed by atoms with Crippen molar-refractivity contribution in [1.82, 2.24) is 0 Å². The summed E-state index contributed by atoms with van der Waals surface area (Å²) in [6, 6.07) is 8.47. The third-order valence-electron chi connectivity index (χ3n) is 2.57. The third-order valence-corrected chi connectivity index (χ3v) is 2.57.